The number of nitrogens with zero attached hydrogens (tertiary/aromatic N) is 2. The van der Waals surface area contributed by atoms with Gasteiger partial charge in [0.2, 0.25) is 0 Å². The molecule has 1 aromatic heterocycles. The van der Waals surface area contributed by atoms with E-state index in [4.69, 9.17) is 0 Å². The number of rotatable bonds is 5. The molecule has 0 amide bonds. The molecule has 0 aromatic carbocycles. The normalized spacial score (nSPS) is 12.7. The van der Waals surface area contributed by atoms with Gasteiger partial charge in [0.05, 0.1) is 0 Å². The Morgan fingerprint density at radius 2 is 2.33 bits per heavy atom. The van der Waals surface area contributed by atoms with Crippen molar-refractivity contribution in [1.29, 1.82) is 0 Å². The maximum atomic E-state index is 11.5. The van der Waals surface area contributed by atoms with Crippen LogP contribution in [0.4, 0.5) is 0 Å². The minimum absolute atomic E-state index is 0.163. The van der Waals surface area contributed by atoms with Gasteiger partial charge in [-0.2, -0.15) is 12.6 Å². The molecule has 1 heterocycles. The number of thiol groups is 1. The Morgan fingerprint density at radius 1 is 1.60 bits per heavy atom. The summed E-state index contributed by atoms with van der Waals surface area (Å²) in [5, 5.41) is 0. The molecule has 0 aliphatic carbocycles. The fourth-order valence-corrected chi connectivity index (χ4v) is 1.92. The SMILES string of the molecule is CCCC(CS)Cn1cc(C)cnc1=O. The predicted octanol–water partition coefficient (Wildman–Crippen LogP) is 1.90. The molecule has 0 bridgehead atoms. The standard InChI is InChI=1S/C11H18N2OS/c1-3-4-10(8-15)7-13-6-9(2)5-12-11(13)14/h5-6,10,15H,3-4,7-8H2,1-2H3. The second-order valence-corrected chi connectivity index (χ2v) is 4.27. The van der Waals surface area contributed by atoms with Crippen molar-refractivity contribution in [3.63, 3.8) is 0 Å². The van der Waals surface area contributed by atoms with E-state index >= 15 is 0 Å². The van der Waals surface area contributed by atoms with Crippen LogP contribution in [0.3, 0.4) is 0 Å². The van der Waals surface area contributed by atoms with Crippen molar-refractivity contribution in [2.24, 2.45) is 5.92 Å². The molecule has 0 spiro atoms. The smallest absolute Gasteiger partial charge is 0.299 e. The Kier molecular flexibility index (Phi) is 4.88. The van der Waals surface area contributed by atoms with Gasteiger partial charge in [0.1, 0.15) is 0 Å². The molecule has 1 aromatic rings. The highest BCUT2D eigenvalue weighted by Crippen LogP contribution is 2.10. The Bertz CT molecular complexity index is 362. The van der Waals surface area contributed by atoms with E-state index < -0.39 is 0 Å². The van der Waals surface area contributed by atoms with Gasteiger partial charge in [0.15, 0.2) is 0 Å². The molecule has 1 unspecified atom stereocenters. The molecule has 1 rings (SSSR count). The average molecular weight is 226 g/mol. The fourth-order valence-electron chi connectivity index (χ4n) is 1.62. The van der Waals surface area contributed by atoms with Gasteiger partial charge in [-0.1, -0.05) is 13.3 Å². The number of hydrogen-bond acceptors (Lipinski definition) is 3. The summed E-state index contributed by atoms with van der Waals surface area (Å²) in [7, 11) is 0. The molecule has 0 N–H and O–H groups in total. The molecule has 84 valence electrons. The van der Waals surface area contributed by atoms with Crippen molar-refractivity contribution in [3.05, 3.63) is 28.4 Å². The zero-order valence-corrected chi connectivity index (χ0v) is 10.2. The fraction of sp³-hybridized carbons (Fsp3) is 0.636. The van der Waals surface area contributed by atoms with E-state index in [1.54, 1.807) is 10.8 Å². The van der Waals surface area contributed by atoms with Crippen LogP contribution in [0.5, 0.6) is 0 Å². The van der Waals surface area contributed by atoms with E-state index in [1.807, 2.05) is 13.1 Å². The van der Waals surface area contributed by atoms with Gasteiger partial charge in [-0.25, -0.2) is 9.78 Å². The van der Waals surface area contributed by atoms with E-state index in [1.165, 1.54) is 0 Å². The van der Waals surface area contributed by atoms with Gasteiger partial charge in [0, 0.05) is 18.9 Å². The molecule has 0 aliphatic rings. The zero-order chi connectivity index (χ0) is 11.3. The third-order valence-electron chi connectivity index (χ3n) is 2.39. The average Bonchev–Trinajstić information content (AvgIpc) is 2.22. The molecule has 0 saturated heterocycles. The summed E-state index contributed by atoms with van der Waals surface area (Å²) in [5.74, 6) is 1.27. The largest absolute Gasteiger partial charge is 0.347 e. The molecule has 3 nitrogen and oxygen atoms in total. The minimum Gasteiger partial charge on any atom is -0.299 e. The zero-order valence-electron chi connectivity index (χ0n) is 9.31. The molecule has 4 heteroatoms. The Morgan fingerprint density at radius 3 is 2.93 bits per heavy atom. The lowest BCUT2D eigenvalue weighted by molar-refractivity contribution is 0.440. The second kappa shape index (κ2) is 5.95. The Labute approximate surface area is 96.0 Å². The van der Waals surface area contributed by atoms with E-state index in [0.29, 0.717) is 5.92 Å². The van der Waals surface area contributed by atoms with Crippen LogP contribution in [0.1, 0.15) is 25.3 Å². The summed E-state index contributed by atoms with van der Waals surface area (Å²) in [4.78, 5) is 15.3. The van der Waals surface area contributed by atoms with Crippen LogP contribution < -0.4 is 5.69 Å². The van der Waals surface area contributed by atoms with Gasteiger partial charge in [0.25, 0.3) is 0 Å². The topological polar surface area (TPSA) is 34.9 Å². The van der Waals surface area contributed by atoms with Crippen LogP contribution in [0.25, 0.3) is 0 Å². The lowest BCUT2D eigenvalue weighted by Crippen LogP contribution is -2.26. The third kappa shape index (κ3) is 3.70. The Balaban J connectivity index is 2.78. The van der Waals surface area contributed by atoms with Gasteiger partial charge < -0.3 is 0 Å². The summed E-state index contributed by atoms with van der Waals surface area (Å²) in [5.41, 5.74) is 0.854. The maximum Gasteiger partial charge on any atom is 0.347 e. The Hall–Kier alpha value is -0.770. The van der Waals surface area contributed by atoms with E-state index in [-0.39, 0.29) is 5.69 Å². The highest BCUT2D eigenvalue weighted by Gasteiger charge is 2.07. The van der Waals surface area contributed by atoms with Crippen LogP contribution in [0.2, 0.25) is 0 Å². The molecular formula is C11H18N2OS. The highest BCUT2D eigenvalue weighted by atomic mass is 32.1. The summed E-state index contributed by atoms with van der Waals surface area (Å²) < 4.78 is 1.69. The van der Waals surface area contributed by atoms with Gasteiger partial charge >= 0.3 is 5.69 Å². The minimum atomic E-state index is -0.163. The van der Waals surface area contributed by atoms with E-state index in [2.05, 4.69) is 24.5 Å². The molecular weight excluding hydrogens is 208 g/mol. The van der Waals surface area contributed by atoms with Crippen molar-refractivity contribution in [2.75, 3.05) is 5.75 Å². The number of aromatic nitrogens is 2. The number of hydrogen-bond donors (Lipinski definition) is 1. The quantitative estimate of drug-likeness (QED) is 0.778. The van der Waals surface area contributed by atoms with Crippen LogP contribution >= 0.6 is 12.6 Å². The first-order valence-electron chi connectivity index (χ1n) is 5.31. The van der Waals surface area contributed by atoms with Gasteiger partial charge in [-0.15, -0.1) is 0 Å². The first-order valence-corrected chi connectivity index (χ1v) is 5.94. The first kappa shape index (κ1) is 12.3. The maximum absolute atomic E-state index is 11.5. The lowest BCUT2D eigenvalue weighted by Gasteiger charge is -2.14. The summed E-state index contributed by atoms with van der Waals surface area (Å²) >= 11 is 4.30. The van der Waals surface area contributed by atoms with Crippen molar-refractivity contribution >= 4 is 12.6 Å². The van der Waals surface area contributed by atoms with Crippen LogP contribution in [-0.4, -0.2) is 15.3 Å². The number of aryl methyl sites for hydroxylation is 1. The van der Waals surface area contributed by atoms with Crippen molar-refractivity contribution < 1.29 is 0 Å². The van der Waals surface area contributed by atoms with Crippen LogP contribution in [0.15, 0.2) is 17.2 Å². The molecule has 1 atom stereocenters. The monoisotopic (exact) mass is 226 g/mol. The van der Waals surface area contributed by atoms with Gasteiger partial charge in [-0.05, 0) is 30.6 Å². The summed E-state index contributed by atoms with van der Waals surface area (Å²) in [6, 6.07) is 0. The highest BCUT2D eigenvalue weighted by molar-refractivity contribution is 7.80. The van der Waals surface area contributed by atoms with Crippen LogP contribution in [0, 0.1) is 12.8 Å². The van der Waals surface area contributed by atoms with Crippen LogP contribution in [-0.2, 0) is 6.54 Å². The second-order valence-electron chi connectivity index (χ2n) is 3.90. The summed E-state index contributed by atoms with van der Waals surface area (Å²) in [6.45, 7) is 4.82. The van der Waals surface area contributed by atoms with Crippen molar-refractivity contribution in [1.82, 2.24) is 9.55 Å². The first-order chi connectivity index (χ1) is 7.17. The molecule has 0 radical (unpaired) electrons. The lowest BCUT2D eigenvalue weighted by atomic mass is 10.1. The van der Waals surface area contributed by atoms with Crippen molar-refractivity contribution in [3.8, 4) is 0 Å². The molecule has 15 heavy (non-hydrogen) atoms. The van der Waals surface area contributed by atoms with E-state index in [0.717, 1.165) is 30.7 Å². The molecule has 0 fully saturated rings. The van der Waals surface area contributed by atoms with E-state index in [9.17, 15) is 4.79 Å². The molecule has 0 saturated carbocycles. The predicted molar refractivity (Wildman–Crippen MR) is 65.5 cm³/mol. The third-order valence-corrected chi connectivity index (χ3v) is 2.91. The summed E-state index contributed by atoms with van der Waals surface area (Å²) in [6.07, 6.45) is 5.69. The molecule has 0 aliphatic heterocycles. The van der Waals surface area contributed by atoms with Gasteiger partial charge in [-0.3, -0.25) is 4.57 Å². The van der Waals surface area contributed by atoms with Crippen molar-refractivity contribution in [2.45, 2.75) is 33.2 Å².